The van der Waals surface area contributed by atoms with E-state index in [4.69, 9.17) is 19.1 Å². The van der Waals surface area contributed by atoms with Gasteiger partial charge in [-0.3, -0.25) is 10.1 Å². The van der Waals surface area contributed by atoms with Crippen molar-refractivity contribution in [3.63, 3.8) is 0 Å². The van der Waals surface area contributed by atoms with Crippen LogP contribution in [0.15, 0.2) is 151 Å². The number of benzene rings is 5. The Bertz CT molecular complexity index is 1450. The van der Waals surface area contributed by atoms with Gasteiger partial charge in [0, 0.05) is 5.82 Å². The average Bonchev–Trinajstić information content (AvgIpc) is 3.04. The first-order valence-corrected chi connectivity index (χ1v) is 20.2. The van der Waals surface area contributed by atoms with Crippen molar-refractivity contribution < 1.29 is 20.9 Å². The van der Waals surface area contributed by atoms with E-state index < -0.39 is 15.2 Å². The van der Waals surface area contributed by atoms with Crippen molar-refractivity contribution in [2.75, 3.05) is 5.90 Å². The fraction of sp³-hybridized carbons (Fsp3) is 0.0303. The van der Waals surface area contributed by atoms with E-state index >= 15 is 0 Å². The third-order valence-electron chi connectivity index (χ3n) is 6.46. The second kappa shape index (κ2) is 16.1. The van der Waals surface area contributed by atoms with Gasteiger partial charge in [0.1, 0.15) is 10.6 Å². The molecule has 0 fully saturated rings. The van der Waals surface area contributed by atoms with Gasteiger partial charge >= 0.3 is 35.0 Å². The van der Waals surface area contributed by atoms with Crippen molar-refractivity contribution in [3.05, 3.63) is 173 Å². The molecule has 0 atom stereocenters. The first kappa shape index (κ1) is 31.3. The number of hydrogen-bond donors (Lipinski definition) is 0. The van der Waals surface area contributed by atoms with Gasteiger partial charge in [-0.2, -0.15) is 17.7 Å². The number of nitrogens with zero attached hydrogens (tertiary/aromatic N) is 1. The molecule has 0 aliphatic heterocycles. The summed E-state index contributed by atoms with van der Waals surface area (Å²) in [7, 11) is 6.81. The van der Waals surface area contributed by atoms with Crippen LogP contribution in [0, 0.1) is 16.2 Å². The Hall–Kier alpha value is -2.66. The first-order chi connectivity index (χ1) is 20.1. The summed E-state index contributed by atoms with van der Waals surface area (Å²) in [4.78, 5) is 10.8. The summed E-state index contributed by atoms with van der Waals surface area (Å²) >= 11 is -0.106. The van der Waals surface area contributed by atoms with Gasteiger partial charge in [-0.1, -0.05) is 97.1 Å². The molecule has 0 aliphatic carbocycles. The van der Waals surface area contributed by atoms with Gasteiger partial charge in [0.25, 0.3) is 0 Å². The van der Waals surface area contributed by atoms with Crippen molar-refractivity contribution in [3.8, 4) is 0 Å². The van der Waals surface area contributed by atoms with Gasteiger partial charge < -0.3 is 0 Å². The van der Waals surface area contributed by atoms with Crippen LogP contribution >= 0.6 is 34.2 Å². The number of nitro benzene ring substituents is 1. The van der Waals surface area contributed by atoms with Crippen LogP contribution in [-0.2, 0) is 15.9 Å². The van der Waals surface area contributed by atoms with E-state index in [0.29, 0.717) is 0 Å². The Morgan fingerprint density at radius 2 is 1.07 bits per heavy atom. The summed E-state index contributed by atoms with van der Waals surface area (Å²) in [6, 6.07) is 49.7. The number of rotatable bonds is 9. The molecular weight excluding hydrogens is 682 g/mol. The molecule has 0 heterocycles. The van der Waals surface area contributed by atoms with Crippen molar-refractivity contribution in [2.45, 2.75) is 0 Å². The van der Waals surface area contributed by atoms with E-state index in [2.05, 4.69) is 133 Å². The molecule has 0 saturated heterocycles. The molecule has 41 heavy (non-hydrogen) atoms. The molecule has 5 aromatic carbocycles. The SMILES string of the molecule is O=[N+]([O-])c1ccc([C-]=C[P+](CP(c2ccccc2)c2ccccc2)(c2ccccc2)c2ccccc2)cc1.[Cl][Pd][Cl]. The molecule has 0 unspecified atom stereocenters. The van der Waals surface area contributed by atoms with E-state index in [-0.39, 0.29) is 26.6 Å². The zero-order chi connectivity index (χ0) is 28.9. The van der Waals surface area contributed by atoms with Crippen molar-refractivity contribution in [1.82, 2.24) is 0 Å². The maximum atomic E-state index is 11.2. The summed E-state index contributed by atoms with van der Waals surface area (Å²) in [6.07, 6.45) is 3.57. The van der Waals surface area contributed by atoms with Crippen LogP contribution in [-0.4, -0.2) is 10.8 Å². The summed E-state index contributed by atoms with van der Waals surface area (Å²) in [6.45, 7) is 0. The topological polar surface area (TPSA) is 43.1 Å². The van der Waals surface area contributed by atoms with Crippen molar-refractivity contribution >= 4 is 61.1 Å². The molecule has 0 bridgehead atoms. The van der Waals surface area contributed by atoms with E-state index in [1.165, 1.54) is 21.2 Å². The van der Waals surface area contributed by atoms with Crippen LogP contribution in [0.25, 0.3) is 0 Å². The average molecular weight is 709 g/mol. The van der Waals surface area contributed by atoms with E-state index in [9.17, 15) is 10.1 Å². The molecular formula is C33H27Cl2NO2P2Pd. The monoisotopic (exact) mass is 707 g/mol. The Balaban J connectivity index is 0.00000124. The van der Waals surface area contributed by atoms with E-state index in [0.717, 1.165) is 11.5 Å². The molecule has 3 nitrogen and oxygen atoms in total. The predicted molar refractivity (Wildman–Crippen MR) is 175 cm³/mol. The number of hydrogen-bond acceptors (Lipinski definition) is 2. The van der Waals surface area contributed by atoms with Crippen LogP contribution in [0.5, 0.6) is 0 Å². The van der Waals surface area contributed by atoms with Gasteiger partial charge in [-0.25, -0.2) is 0 Å². The van der Waals surface area contributed by atoms with Crippen LogP contribution in [0.2, 0.25) is 0 Å². The summed E-state index contributed by atoms with van der Waals surface area (Å²) in [5, 5.41) is 16.4. The standard InChI is InChI=1S/C33H27NO2P2.2ClH.Pd/c35-34(36)29-23-21-28(22-24-29)25-26-38(32-17-9-3-10-18-32,33-19-11-4-12-20-33)27-37(30-13-5-1-6-14-30)31-15-7-2-8-16-31;;;/h1-24,26H,27H2;2*1H;/q;;;+2/p-2. The molecule has 210 valence electrons. The maximum absolute atomic E-state index is 11.2. The second-order valence-corrected chi connectivity index (χ2v) is 17.3. The molecule has 5 rings (SSSR count). The molecule has 0 amide bonds. The van der Waals surface area contributed by atoms with E-state index in [1.54, 1.807) is 24.3 Å². The van der Waals surface area contributed by atoms with Gasteiger partial charge in [0.15, 0.2) is 0 Å². The zero-order valence-electron chi connectivity index (χ0n) is 21.9. The number of nitro groups is 1. The zero-order valence-corrected chi connectivity index (χ0v) is 26.7. The molecule has 8 heteroatoms. The quantitative estimate of drug-likeness (QED) is 0.0508. The van der Waals surface area contributed by atoms with Crippen LogP contribution in [0.4, 0.5) is 5.69 Å². The number of non-ortho nitro benzene ring substituents is 1. The Morgan fingerprint density at radius 3 is 1.46 bits per heavy atom. The third kappa shape index (κ3) is 8.44. The second-order valence-electron chi connectivity index (χ2n) is 8.90. The normalized spacial score (nSPS) is 11.3. The Kier molecular flexibility index (Phi) is 12.3. The molecule has 0 radical (unpaired) electrons. The van der Waals surface area contributed by atoms with Gasteiger partial charge in [-0.15, -0.1) is 6.08 Å². The van der Waals surface area contributed by atoms with Crippen LogP contribution in [0.1, 0.15) is 5.56 Å². The summed E-state index contributed by atoms with van der Waals surface area (Å²) < 4.78 is 0. The fourth-order valence-electron chi connectivity index (χ4n) is 4.51. The van der Waals surface area contributed by atoms with Gasteiger partial charge in [-0.05, 0) is 54.9 Å². The molecule has 0 aromatic heterocycles. The molecule has 0 saturated carbocycles. The first-order valence-electron chi connectivity index (χ1n) is 12.6. The van der Waals surface area contributed by atoms with Gasteiger partial charge in [0.2, 0.25) is 5.69 Å². The molecule has 5 aromatic rings. The van der Waals surface area contributed by atoms with E-state index in [1.807, 2.05) is 0 Å². The van der Waals surface area contributed by atoms with Crippen molar-refractivity contribution in [1.29, 1.82) is 0 Å². The Labute approximate surface area is 259 Å². The van der Waals surface area contributed by atoms with Crippen LogP contribution in [0.3, 0.4) is 0 Å². The third-order valence-corrected chi connectivity index (χ3v) is 14.2. The van der Waals surface area contributed by atoms with Crippen molar-refractivity contribution in [2.24, 2.45) is 0 Å². The number of halogens is 2. The molecule has 0 spiro atoms. The van der Waals surface area contributed by atoms with Gasteiger partial charge in [0.05, 0.1) is 18.1 Å². The summed E-state index contributed by atoms with van der Waals surface area (Å²) in [5.41, 5.74) is 0.912. The minimum atomic E-state index is -2.13. The molecule has 0 N–H and O–H groups in total. The minimum absolute atomic E-state index is 0.0828. The molecule has 0 aliphatic rings. The fourth-order valence-corrected chi connectivity index (χ4v) is 13.0. The van der Waals surface area contributed by atoms with Crippen LogP contribution < -0.4 is 21.2 Å². The summed E-state index contributed by atoms with van der Waals surface area (Å²) in [5.74, 6) is 3.23. The Morgan fingerprint density at radius 1 is 0.683 bits per heavy atom. The predicted octanol–water partition coefficient (Wildman–Crippen LogP) is 8.40.